The minimum Gasteiger partial charge on any atom is -0.342 e. The van der Waals surface area contributed by atoms with Crippen LogP contribution in [0.15, 0.2) is 11.1 Å². The van der Waals surface area contributed by atoms with E-state index in [0.717, 1.165) is 31.6 Å². The number of amides is 1. The number of carbonyl (C=O) groups excluding carboxylic acids is 1. The van der Waals surface area contributed by atoms with Crippen molar-refractivity contribution in [2.75, 3.05) is 26.7 Å². The van der Waals surface area contributed by atoms with Crippen LogP contribution in [0.5, 0.6) is 0 Å². The largest absolute Gasteiger partial charge is 0.342 e. The van der Waals surface area contributed by atoms with Gasteiger partial charge >= 0.3 is 0 Å². The van der Waals surface area contributed by atoms with Gasteiger partial charge in [-0.1, -0.05) is 6.92 Å². The third-order valence-corrected chi connectivity index (χ3v) is 2.43. The third-order valence-electron chi connectivity index (χ3n) is 2.43. The molecule has 0 aromatic carbocycles. The monoisotopic (exact) mass is 182 g/mol. The summed E-state index contributed by atoms with van der Waals surface area (Å²) in [5.74, 6) is 0.179. The summed E-state index contributed by atoms with van der Waals surface area (Å²) in [6, 6.07) is 0. The fraction of sp³-hybridized carbons (Fsp3) is 0.700. The van der Waals surface area contributed by atoms with Crippen molar-refractivity contribution >= 4 is 5.91 Å². The highest BCUT2D eigenvalue weighted by Gasteiger charge is 2.17. The summed E-state index contributed by atoms with van der Waals surface area (Å²) in [5.41, 5.74) is 2.18. The van der Waals surface area contributed by atoms with Crippen molar-refractivity contribution in [2.45, 2.75) is 20.3 Å². The summed E-state index contributed by atoms with van der Waals surface area (Å²) in [7, 11) is 1.86. The number of hydrogen-bond donors (Lipinski definition) is 1. The van der Waals surface area contributed by atoms with E-state index < -0.39 is 0 Å². The zero-order valence-electron chi connectivity index (χ0n) is 8.68. The van der Waals surface area contributed by atoms with Crippen LogP contribution in [0.4, 0.5) is 0 Å². The van der Waals surface area contributed by atoms with Crippen molar-refractivity contribution in [1.29, 1.82) is 0 Å². The number of nitrogens with zero attached hydrogens (tertiary/aromatic N) is 1. The lowest BCUT2D eigenvalue weighted by atomic mass is 10.0. The summed E-state index contributed by atoms with van der Waals surface area (Å²) in [4.78, 5) is 13.5. The second-order valence-corrected chi connectivity index (χ2v) is 3.56. The molecule has 1 saturated heterocycles. The summed E-state index contributed by atoms with van der Waals surface area (Å²) >= 11 is 0. The van der Waals surface area contributed by atoms with Crippen LogP contribution in [-0.2, 0) is 4.79 Å². The second-order valence-electron chi connectivity index (χ2n) is 3.56. The molecule has 1 aliphatic heterocycles. The number of nitrogens with one attached hydrogen (secondary N) is 1. The molecule has 1 amide bonds. The maximum atomic E-state index is 11.7. The molecular formula is C10H18N2O. The molecule has 3 nitrogen and oxygen atoms in total. The summed E-state index contributed by atoms with van der Waals surface area (Å²) < 4.78 is 0. The molecule has 1 N–H and O–H groups in total. The van der Waals surface area contributed by atoms with Gasteiger partial charge in [-0.15, -0.1) is 0 Å². The average Bonchev–Trinajstić information content (AvgIpc) is 2.00. The molecule has 0 bridgehead atoms. The fourth-order valence-corrected chi connectivity index (χ4v) is 1.39. The molecule has 1 fully saturated rings. The van der Waals surface area contributed by atoms with E-state index in [1.165, 1.54) is 5.57 Å². The van der Waals surface area contributed by atoms with Gasteiger partial charge in [0.1, 0.15) is 0 Å². The molecule has 0 radical (unpaired) electrons. The minimum atomic E-state index is 0.179. The molecule has 1 aliphatic rings. The van der Waals surface area contributed by atoms with Gasteiger partial charge in [-0.05, 0) is 18.9 Å². The molecule has 0 unspecified atom stereocenters. The molecule has 13 heavy (non-hydrogen) atoms. The van der Waals surface area contributed by atoms with Crippen LogP contribution >= 0.6 is 0 Å². The molecule has 0 spiro atoms. The summed E-state index contributed by atoms with van der Waals surface area (Å²) in [6.45, 7) is 6.62. The quantitative estimate of drug-likeness (QED) is 0.654. The Morgan fingerprint density at radius 1 is 1.54 bits per heavy atom. The van der Waals surface area contributed by atoms with Gasteiger partial charge in [0.2, 0.25) is 5.91 Å². The topological polar surface area (TPSA) is 32.3 Å². The van der Waals surface area contributed by atoms with E-state index in [2.05, 4.69) is 12.2 Å². The Labute approximate surface area is 79.8 Å². The maximum Gasteiger partial charge on any atom is 0.249 e. The zero-order valence-corrected chi connectivity index (χ0v) is 8.68. The molecule has 0 aromatic rings. The molecule has 0 aliphatic carbocycles. The van der Waals surface area contributed by atoms with Crippen LogP contribution in [0.2, 0.25) is 0 Å². The Hall–Kier alpha value is -0.830. The van der Waals surface area contributed by atoms with Crippen molar-refractivity contribution in [2.24, 2.45) is 0 Å². The van der Waals surface area contributed by atoms with Crippen LogP contribution in [0.1, 0.15) is 20.3 Å². The van der Waals surface area contributed by atoms with E-state index in [1.54, 1.807) is 4.90 Å². The molecule has 3 heteroatoms. The third kappa shape index (κ3) is 2.31. The van der Waals surface area contributed by atoms with E-state index >= 15 is 0 Å². The Morgan fingerprint density at radius 2 is 2.15 bits per heavy atom. The maximum absolute atomic E-state index is 11.7. The molecular weight excluding hydrogens is 164 g/mol. The van der Waals surface area contributed by atoms with Crippen LogP contribution in [-0.4, -0.2) is 37.5 Å². The number of carbonyl (C=O) groups is 1. The van der Waals surface area contributed by atoms with Crippen molar-refractivity contribution in [3.8, 4) is 0 Å². The van der Waals surface area contributed by atoms with Gasteiger partial charge in [0.25, 0.3) is 0 Å². The lowest BCUT2D eigenvalue weighted by Crippen LogP contribution is -2.38. The molecule has 74 valence electrons. The van der Waals surface area contributed by atoms with Gasteiger partial charge in [0.15, 0.2) is 0 Å². The summed E-state index contributed by atoms with van der Waals surface area (Å²) in [6.07, 6.45) is 1.02. The van der Waals surface area contributed by atoms with Gasteiger partial charge in [0, 0.05) is 32.3 Å². The SMILES string of the molecule is CCCN(C)C(=O)C(C)=C1CNC1. The van der Waals surface area contributed by atoms with Crippen LogP contribution in [0.25, 0.3) is 0 Å². The van der Waals surface area contributed by atoms with E-state index in [9.17, 15) is 4.79 Å². The van der Waals surface area contributed by atoms with Gasteiger partial charge in [-0.25, -0.2) is 0 Å². The van der Waals surface area contributed by atoms with E-state index in [-0.39, 0.29) is 5.91 Å². The Bertz CT molecular complexity index is 227. The van der Waals surface area contributed by atoms with Gasteiger partial charge in [-0.2, -0.15) is 0 Å². The molecule has 1 rings (SSSR count). The highest BCUT2D eigenvalue weighted by molar-refractivity contribution is 5.93. The van der Waals surface area contributed by atoms with Gasteiger partial charge in [-0.3, -0.25) is 4.79 Å². The minimum absolute atomic E-state index is 0.179. The van der Waals surface area contributed by atoms with Gasteiger partial charge in [0.05, 0.1) is 0 Å². The smallest absolute Gasteiger partial charge is 0.249 e. The first kappa shape index (κ1) is 10.3. The zero-order chi connectivity index (χ0) is 9.84. The first-order chi connectivity index (χ1) is 6.16. The Balaban J connectivity index is 2.55. The van der Waals surface area contributed by atoms with Crippen molar-refractivity contribution in [3.05, 3.63) is 11.1 Å². The predicted octanol–water partition coefficient (Wildman–Crippen LogP) is 0.774. The highest BCUT2D eigenvalue weighted by Crippen LogP contribution is 2.11. The fourth-order valence-electron chi connectivity index (χ4n) is 1.39. The standard InChI is InChI=1S/C10H18N2O/c1-4-5-12(3)10(13)8(2)9-6-11-7-9/h11H,4-7H2,1-3H3. The van der Waals surface area contributed by atoms with Gasteiger partial charge < -0.3 is 10.2 Å². The first-order valence-electron chi connectivity index (χ1n) is 4.81. The molecule has 0 aromatic heterocycles. The average molecular weight is 182 g/mol. The Morgan fingerprint density at radius 3 is 2.54 bits per heavy atom. The van der Waals surface area contributed by atoms with Crippen molar-refractivity contribution in [1.82, 2.24) is 10.2 Å². The predicted molar refractivity (Wildman–Crippen MR) is 53.5 cm³/mol. The lowest BCUT2D eigenvalue weighted by molar-refractivity contribution is -0.125. The second kappa shape index (κ2) is 4.42. The van der Waals surface area contributed by atoms with Crippen molar-refractivity contribution in [3.63, 3.8) is 0 Å². The van der Waals surface area contributed by atoms with Crippen LogP contribution in [0.3, 0.4) is 0 Å². The molecule has 0 atom stereocenters. The lowest BCUT2D eigenvalue weighted by Gasteiger charge is -2.24. The molecule has 1 heterocycles. The van der Waals surface area contributed by atoms with E-state index in [4.69, 9.17) is 0 Å². The van der Waals surface area contributed by atoms with E-state index in [1.807, 2.05) is 14.0 Å². The van der Waals surface area contributed by atoms with E-state index in [0.29, 0.717) is 0 Å². The number of hydrogen-bond acceptors (Lipinski definition) is 2. The van der Waals surface area contributed by atoms with Crippen LogP contribution < -0.4 is 5.32 Å². The highest BCUT2D eigenvalue weighted by atomic mass is 16.2. The first-order valence-corrected chi connectivity index (χ1v) is 4.81. The number of rotatable bonds is 3. The Kier molecular flexibility index (Phi) is 3.48. The normalized spacial score (nSPS) is 15.2. The number of likely N-dealkylation sites (N-methyl/N-ethyl adjacent to an activating group) is 1. The molecule has 0 saturated carbocycles. The summed E-state index contributed by atoms with van der Waals surface area (Å²) in [5, 5.41) is 3.14. The van der Waals surface area contributed by atoms with Crippen LogP contribution in [0, 0.1) is 0 Å². The van der Waals surface area contributed by atoms with Crippen molar-refractivity contribution < 1.29 is 4.79 Å².